The average Bonchev–Trinajstić information content (AvgIpc) is 2.74. The smallest absolute Gasteiger partial charge is 0.122 e. The van der Waals surface area contributed by atoms with Crippen LogP contribution in [-0.4, -0.2) is 33.4 Å². The number of halogens is 1. The molecule has 16 heavy (non-hydrogen) atoms. The van der Waals surface area contributed by atoms with E-state index in [2.05, 4.69) is 27.6 Å². The van der Waals surface area contributed by atoms with Crippen molar-refractivity contribution in [3.05, 3.63) is 18.2 Å². The molecular formula is C12H20ClN3. The highest BCUT2D eigenvalue weighted by atomic mass is 35.5. The predicted molar refractivity (Wildman–Crippen MR) is 66.6 cm³/mol. The Hall–Kier alpha value is -0.540. The first-order valence-corrected chi connectivity index (χ1v) is 6.61. The summed E-state index contributed by atoms with van der Waals surface area (Å²) in [5, 5.41) is 0. The second-order valence-corrected chi connectivity index (χ2v) is 5.06. The van der Waals surface area contributed by atoms with Gasteiger partial charge in [-0.2, -0.15) is 0 Å². The summed E-state index contributed by atoms with van der Waals surface area (Å²) in [4.78, 5) is 6.86. The number of nitrogens with zero attached hydrogens (tertiary/aromatic N) is 3. The van der Waals surface area contributed by atoms with Crippen LogP contribution < -0.4 is 0 Å². The molecule has 3 nitrogen and oxygen atoms in total. The lowest BCUT2D eigenvalue weighted by atomic mass is 10.0. The van der Waals surface area contributed by atoms with Crippen molar-refractivity contribution in [1.29, 1.82) is 0 Å². The largest absolute Gasteiger partial charge is 0.333 e. The molecule has 0 radical (unpaired) electrons. The second kappa shape index (κ2) is 5.69. The lowest BCUT2D eigenvalue weighted by Crippen LogP contribution is -2.34. The van der Waals surface area contributed by atoms with Crippen molar-refractivity contribution >= 4 is 11.6 Å². The zero-order valence-electron chi connectivity index (χ0n) is 9.90. The van der Waals surface area contributed by atoms with Crippen LogP contribution in [0.15, 0.2) is 12.4 Å². The highest BCUT2D eigenvalue weighted by Crippen LogP contribution is 2.14. The van der Waals surface area contributed by atoms with Gasteiger partial charge in [0.25, 0.3) is 0 Å². The van der Waals surface area contributed by atoms with Crippen molar-refractivity contribution in [1.82, 2.24) is 14.5 Å². The molecule has 0 aromatic carbocycles. The van der Waals surface area contributed by atoms with E-state index < -0.39 is 0 Å². The van der Waals surface area contributed by atoms with Crippen LogP contribution >= 0.6 is 11.6 Å². The van der Waals surface area contributed by atoms with Gasteiger partial charge in [-0.1, -0.05) is 6.92 Å². The van der Waals surface area contributed by atoms with E-state index in [0.717, 1.165) is 37.9 Å². The first-order chi connectivity index (χ1) is 7.79. The number of imidazole rings is 1. The van der Waals surface area contributed by atoms with Gasteiger partial charge in [0, 0.05) is 31.4 Å². The van der Waals surface area contributed by atoms with Gasteiger partial charge < -0.3 is 4.57 Å². The van der Waals surface area contributed by atoms with Gasteiger partial charge >= 0.3 is 0 Å². The van der Waals surface area contributed by atoms with Crippen LogP contribution in [0.25, 0.3) is 0 Å². The summed E-state index contributed by atoms with van der Waals surface area (Å²) in [6, 6.07) is 0. The van der Waals surface area contributed by atoms with E-state index in [1.807, 2.05) is 6.20 Å². The number of alkyl halides is 1. The third-order valence-corrected chi connectivity index (χ3v) is 3.58. The minimum atomic E-state index is 0.735. The molecule has 4 heteroatoms. The standard InChI is InChI=1S/C12H20ClN3/c1-11(2-4-13)3-6-15-8-9-16-7-5-14-12(16)10-15/h5,7,11H,2-4,6,8-10H2,1H3. The third-order valence-electron chi connectivity index (χ3n) is 3.36. The third kappa shape index (κ3) is 2.98. The fourth-order valence-electron chi connectivity index (χ4n) is 2.15. The molecule has 2 heterocycles. The molecule has 2 rings (SSSR count). The topological polar surface area (TPSA) is 21.1 Å². The number of aromatic nitrogens is 2. The number of hydrogen-bond donors (Lipinski definition) is 0. The predicted octanol–water partition coefficient (Wildman–Crippen LogP) is 2.35. The Kier molecular flexibility index (Phi) is 4.24. The van der Waals surface area contributed by atoms with Crippen LogP contribution in [0.3, 0.4) is 0 Å². The molecule has 1 atom stereocenters. The molecule has 0 aliphatic carbocycles. The summed E-state index contributed by atoms with van der Waals surface area (Å²) < 4.78 is 2.25. The molecule has 0 saturated carbocycles. The number of hydrogen-bond acceptors (Lipinski definition) is 2. The molecule has 1 unspecified atom stereocenters. The van der Waals surface area contributed by atoms with Crippen molar-refractivity contribution in [3.8, 4) is 0 Å². The average molecular weight is 242 g/mol. The van der Waals surface area contributed by atoms with Crippen LogP contribution in [0.5, 0.6) is 0 Å². The highest BCUT2D eigenvalue weighted by molar-refractivity contribution is 6.17. The molecular weight excluding hydrogens is 222 g/mol. The van der Waals surface area contributed by atoms with Gasteiger partial charge in [-0.3, -0.25) is 4.90 Å². The van der Waals surface area contributed by atoms with Gasteiger partial charge in [-0.15, -0.1) is 11.6 Å². The quantitative estimate of drug-likeness (QED) is 0.738. The zero-order valence-corrected chi connectivity index (χ0v) is 10.7. The molecule has 0 amide bonds. The minimum absolute atomic E-state index is 0.735. The lowest BCUT2D eigenvalue weighted by molar-refractivity contribution is 0.203. The molecule has 0 N–H and O–H groups in total. The monoisotopic (exact) mass is 241 g/mol. The van der Waals surface area contributed by atoms with Gasteiger partial charge in [0.05, 0.1) is 6.54 Å². The summed E-state index contributed by atoms with van der Waals surface area (Å²) >= 11 is 5.74. The molecule has 0 fully saturated rings. The van der Waals surface area contributed by atoms with Crippen LogP contribution in [0.1, 0.15) is 25.6 Å². The highest BCUT2D eigenvalue weighted by Gasteiger charge is 2.16. The Morgan fingerprint density at radius 1 is 1.44 bits per heavy atom. The maximum atomic E-state index is 5.74. The SMILES string of the molecule is CC(CCCl)CCN1CCn2ccnc2C1. The Labute approximate surface area is 102 Å². The zero-order chi connectivity index (χ0) is 11.4. The first-order valence-electron chi connectivity index (χ1n) is 6.08. The fourth-order valence-corrected chi connectivity index (χ4v) is 2.52. The van der Waals surface area contributed by atoms with Crippen LogP contribution in [0, 0.1) is 5.92 Å². The minimum Gasteiger partial charge on any atom is -0.333 e. The van der Waals surface area contributed by atoms with Crippen LogP contribution in [0.2, 0.25) is 0 Å². The molecule has 1 aliphatic rings. The summed E-state index contributed by atoms with van der Waals surface area (Å²) in [5.74, 6) is 2.72. The lowest BCUT2D eigenvalue weighted by Gasteiger charge is -2.28. The Balaban J connectivity index is 1.77. The van der Waals surface area contributed by atoms with E-state index in [0.29, 0.717) is 0 Å². The summed E-state index contributed by atoms with van der Waals surface area (Å²) in [5.41, 5.74) is 0. The van der Waals surface area contributed by atoms with E-state index in [1.54, 1.807) is 0 Å². The van der Waals surface area contributed by atoms with Gasteiger partial charge in [-0.25, -0.2) is 4.98 Å². The molecule has 0 saturated heterocycles. The Bertz CT molecular complexity index is 324. The van der Waals surface area contributed by atoms with Crippen LogP contribution in [0.4, 0.5) is 0 Å². The van der Waals surface area contributed by atoms with E-state index in [1.165, 1.54) is 18.8 Å². The maximum Gasteiger partial charge on any atom is 0.122 e. The molecule has 1 aromatic heterocycles. The molecule has 1 aliphatic heterocycles. The van der Waals surface area contributed by atoms with Crippen molar-refractivity contribution < 1.29 is 0 Å². The molecule has 0 spiro atoms. The molecule has 1 aromatic rings. The van der Waals surface area contributed by atoms with Gasteiger partial charge in [-0.05, 0) is 25.3 Å². The van der Waals surface area contributed by atoms with Crippen LogP contribution in [-0.2, 0) is 13.1 Å². The summed E-state index contributed by atoms with van der Waals surface area (Å²) in [7, 11) is 0. The Morgan fingerprint density at radius 2 is 2.31 bits per heavy atom. The van der Waals surface area contributed by atoms with E-state index in [4.69, 9.17) is 11.6 Å². The normalized spacial score (nSPS) is 18.4. The van der Waals surface area contributed by atoms with Gasteiger partial charge in [0.15, 0.2) is 0 Å². The number of fused-ring (bicyclic) bond motifs is 1. The van der Waals surface area contributed by atoms with Crippen molar-refractivity contribution in [2.24, 2.45) is 5.92 Å². The Morgan fingerprint density at radius 3 is 3.12 bits per heavy atom. The van der Waals surface area contributed by atoms with Crippen molar-refractivity contribution in [2.75, 3.05) is 19.0 Å². The molecule has 90 valence electrons. The van der Waals surface area contributed by atoms with Crippen molar-refractivity contribution in [3.63, 3.8) is 0 Å². The van der Waals surface area contributed by atoms with E-state index in [9.17, 15) is 0 Å². The van der Waals surface area contributed by atoms with E-state index in [-0.39, 0.29) is 0 Å². The van der Waals surface area contributed by atoms with Gasteiger partial charge in [0.2, 0.25) is 0 Å². The number of rotatable bonds is 5. The second-order valence-electron chi connectivity index (χ2n) is 4.68. The maximum absolute atomic E-state index is 5.74. The molecule has 0 bridgehead atoms. The van der Waals surface area contributed by atoms with Crippen molar-refractivity contribution in [2.45, 2.75) is 32.9 Å². The first kappa shape index (κ1) is 11.9. The van der Waals surface area contributed by atoms with Gasteiger partial charge in [0.1, 0.15) is 5.82 Å². The summed E-state index contributed by atoms with van der Waals surface area (Å²) in [6.45, 7) is 6.69. The fraction of sp³-hybridized carbons (Fsp3) is 0.750. The summed E-state index contributed by atoms with van der Waals surface area (Å²) in [6.07, 6.45) is 6.34. The van der Waals surface area contributed by atoms with E-state index >= 15 is 0 Å².